The van der Waals surface area contributed by atoms with Crippen LogP contribution in [0.1, 0.15) is 49.7 Å². The molecule has 1 aliphatic rings. The first kappa shape index (κ1) is 14.8. The molecule has 0 bridgehead atoms. The zero-order valence-electron chi connectivity index (χ0n) is 12.7. The highest BCUT2D eigenvalue weighted by atomic mass is 19.1. The summed E-state index contributed by atoms with van der Waals surface area (Å²) in [6.45, 7) is 0. The number of aromatic hydroxyl groups is 1. The molecule has 0 saturated heterocycles. The van der Waals surface area contributed by atoms with Gasteiger partial charge in [-0.2, -0.15) is 0 Å². The van der Waals surface area contributed by atoms with E-state index in [0.29, 0.717) is 5.56 Å². The van der Waals surface area contributed by atoms with Crippen LogP contribution in [0.25, 0.3) is 5.57 Å². The number of phenols is 1. The van der Waals surface area contributed by atoms with Crippen molar-refractivity contribution in [2.45, 2.75) is 38.5 Å². The van der Waals surface area contributed by atoms with E-state index in [1.54, 1.807) is 18.2 Å². The van der Waals surface area contributed by atoms with Crippen molar-refractivity contribution < 1.29 is 9.50 Å². The Morgan fingerprint density at radius 2 is 1.45 bits per heavy atom. The number of rotatable bonds is 2. The number of benzene rings is 2. The number of allylic oxidation sites excluding steroid dienone is 1. The molecule has 114 valence electrons. The van der Waals surface area contributed by atoms with Crippen LogP contribution < -0.4 is 0 Å². The molecule has 1 aliphatic carbocycles. The van der Waals surface area contributed by atoms with E-state index in [1.165, 1.54) is 37.3 Å². The fourth-order valence-corrected chi connectivity index (χ4v) is 3.25. The molecular formula is C20H21FO. The van der Waals surface area contributed by atoms with Gasteiger partial charge in [0, 0.05) is 5.56 Å². The molecule has 1 nitrogen and oxygen atoms in total. The molecule has 1 fully saturated rings. The summed E-state index contributed by atoms with van der Waals surface area (Å²) in [5.74, 6) is 0.0600. The summed E-state index contributed by atoms with van der Waals surface area (Å²) in [6, 6.07) is 14.1. The summed E-state index contributed by atoms with van der Waals surface area (Å²) < 4.78 is 14.4. The lowest BCUT2D eigenvalue weighted by atomic mass is 9.89. The summed E-state index contributed by atoms with van der Waals surface area (Å²) in [5.41, 5.74) is 4.01. The summed E-state index contributed by atoms with van der Waals surface area (Å²) in [5, 5.41) is 9.53. The molecule has 2 aromatic carbocycles. The number of hydrogen-bond donors (Lipinski definition) is 1. The third-order valence-electron chi connectivity index (χ3n) is 4.36. The van der Waals surface area contributed by atoms with Crippen molar-refractivity contribution in [3.63, 3.8) is 0 Å². The first-order valence-corrected chi connectivity index (χ1v) is 8.02. The highest BCUT2D eigenvalue weighted by Crippen LogP contribution is 2.35. The van der Waals surface area contributed by atoms with E-state index in [4.69, 9.17) is 0 Å². The van der Waals surface area contributed by atoms with Crippen molar-refractivity contribution in [2.75, 3.05) is 0 Å². The quantitative estimate of drug-likeness (QED) is 0.706. The molecule has 0 amide bonds. The maximum Gasteiger partial charge on any atom is 0.131 e. The summed E-state index contributed by atoms with van der Waals surface area (Å²) in [6.07, 6.45) is 6.92. The lowest BCUT2D eigenvalue weighted by Gasteiger charge is -2.16. The highest BCUT2D eigenvalue weighted by molar-refractivity contribution is 5.82. The zero-order chi connectivity index (χ0) is 15.4. The van der Waals surface area contributed by atoms with E-state index < -0.39 is 0 Å². The number of hydrogen-bond acceptors (Lipinski definition) is 1. The summed E-state index contributed by atoms with van der Waals surface area (Å²) in [7, 11) is 0. The second-order valence-corrected chi connectivity index (χ2v) is 5.92. The second kappa shape index (κ2) is 6.78. The summed E-state index contributed by atoms with van der Waals surface area (Å²) in [4.78, 5) is 0. The molecule has 0 atom stereocenters. The van der Waals surface area contributed by atoms with E-state index in [9.17, 15) is 9.50 Å². The lowest BCUT2D eigenvalue weighted by Crippen LogP contribution is -1.97. The minimum atomic E-state index is -0.178. The van der Waals surface area contributed by atoms with Crippen molar-refractivity contribution >= 4 is 5.57 Å². The van der Waals surface area contributed by atoms with Gasteiger partial charge >= 0.3 is 0 Å². The molecule has 2 heteroatoms. The molecule has 0 radical (unpaired) electrons. The second-order valence-electron chi connectivity index (χ2n) is 5.92. The van der Waals surface area contributed by atoms with E-state index in [2.05, 4.69) is 0 Å². The van der Waals surface area contributed by atoms with Crippen LogP contribution in [0.5, 0.6) is 5.75 Å². The molecule has 0 spiro atoms. The van der Waals surface area contributed by atoms with E-state index >= 15 is 0 Å². The SMILES string of the molecule is Oc1ccc(C(=C2CCCCCC2)c2ccccc2F)cc1. The van der Waals surface area contributed by atoms with Crippen molar-refractivity contribution in [1.82, 2.24) is 0 Å². The van der Waals surface area contributed by atoms with Gasteiger partial charge < -0.3 is 5.11 Å². The van der Waals surface area contributed by atoms with Crippen LogP contribution in [0.2, 0.25) is 0 Å². The molecule has 3 rings (SSSR count). The minimum absolute atomic E-state index is 0.178. The maximum atomic E-state index is 14.4. The molecule has 2 aromatic rings. The van der Waals surface area contributed by atoms with Crippen LogP contribution in [0, 0.1) is 5.82 Å². The van der Waals surface area contributed by atoms with Crippen molar-refractivity contribution in [2.24, 2.45) is 0 Å². The van der Waals surface area contributed by atoms with Crippen LogP contribution in [0.15, 0.2) is 54.1 Å². The van der Waals surface area contributed by atoms with Crippen LogP contribution >= 0.6 is 0 Å². The predicted octanol–water partition coefficient (Wildman–Crippen LogP) is 5.69. The Bertz CT molecular complexity index is 660. The fourth-order valence-electron chi connectivity index (χ4n) is 3.25. The van der Waals surface area contributed by atoms with Crippen molar-refractivity contribution in [3.05, 3.63) is 71.0 Å². The minimum Gasteiger partial charge on any atom is -0.508 e. The molecule has 0 aliphatic heterocycles. The molecule has 0 unspecified atom stereocenters. The summed E-state index contributed by atoms with van der Waals surface area (Å²) >= 11 is 0. The maximum absolute atomic E-state index is 14.4. The lowest BCUT2D eigenvalue weighted by molar-refractivity contribution is 0.475. The Labute approximate surface area is 131 Å². The molecular weight excluding hydrogens is 275 g/mol. The average Bonchev–Trinajstić information content (AvgIpc) is 2.80. The smallest absolute Gasteiger partial charge is 0.131 e. The number of phenolic OH excluding ortho intramolecular Hbond substituents is 1. The fraction of sp³-hybridized carbons (Fsp3) is 0.300. The Hall–Kier alpha value is -2.09. The van der Waals surface area contributed by atoms with E-state index in [1.807, 2.05) is 24.3 Å². The van der Waals surface area contributed by atoms with Gasteiger partial charge in [-0.1, -0.05) is 48.7 Å². The van der Waals surface area contributed by atoms with Gasteiger partial charge in [0.25, 0.3) is 0 Å². The standard InChI is InChI=1S/C20H21FO/c21-19-10-6-5-9-18(19)20(15-7-3-1-2-4-8-15)16-11-13-17(22)14-12-16/h5-6,9-14,22H,1-4,7-8H2. The van der Waals surface area contributed by atoms with E-state index in [0.717, 1.165) is 24.0 Å². The van der Waals surface area contributed by atoms with E-state index in [-0.39, 0.29) is 11.6 Å². The van der Waals surface area contributed by atoms with Crippen LogP contribution in [-0.2, 0) is 0 Å². The van der Waals surface area contributed by atoms with Crippen LogP contribution in [-0.4, -0.2) is 5.11 Å². The Morgan fingerprint density at radius 3 is 2.09 bits per heavy atom. The third kappa shape index (κ3) is 3.22. The van der Waals surface area contributed by atoms with Crippen molar-refractivity contribution in [3.8, 4) is 5.75 Å². The normalized spacial score (nSPS) is 15.4. The van der Waals surface area contributed by atoms with Gasteiger partial charge in [-0.3, -0.25) is 0 Å². The van der Waals surface area contributed by atoms with Crippen LogP contribution in [0.4, 0.5) is 4.39 Å². The predicted molar refractivity (Wildman–Crippen MR) is 88.2 cm³/mol. The Kier molecular flexibility index (Phi) is 4.57. The van der Waals surface area contributed by atoms with Gasteiger partial charge in [-0.25, -0.2) is 4.39 Å². The zero-order valence-corrected chi connectivity index (χ0v) is 12.7. The molecule has 1 N–H and O–H groups in total. The molecule has 0 heterocycles. The van der Waals surface area contributed by atoms with Gasteiger partial charge in [-0.05, 0) is 55.0 Å². The first-order valence-electron chi connectivity index (χ1n) is 8.02. The average molecular weight is 296 g/mol. The largest absolute Gasteiger partial charge is 0.508 e. The monoisotopic (exact) mass is 296 g/mol. The van der Waals surface area contributed by atoms with Gasteiger partial charge in [0.2, 0.25) is 0 Å². The van der Waals surface area contributed by atoms with Crippen molar-refractivity contribution in [1.29, 1.82) is 0 Å². The topological polar surface area (TPSA) is 20.2 Å². The van der Waals surface area contributed by atoms with Crippen LogP contribution in [0.3, 0.4) is 0 Å². The third-order valence-corrected chi connectivity index (χ3v) is 4.36. The Morgan fingerprint density at radius 1 is 0.818 bits per heavy atom. The van der Waals surface area contributed by atoms with Gasteiger partial charge in [0.15, 0.2) is 0 Å². The molecule has 0 aromatic heterocycles. The molecule has 1 saturated carbocycles. The van der Waals surface area contributed by atoms with Gasteiger partial charge in [-0.15, -0.1) is 0 Å². The van der Waals surface area contributed by atoms with Gasteiger partial charge in [0.05, 0.1) is 0 Å². The Balaban J connectivity index is 2.15. The first-order chi connectivity index (χ1) is 10.8. The highest BCUT2D eigenvalue weighted by Gasteiger charge is 2.16. The molecule has 22 heavy (non-hydrogen) atoms. The van der Waals surface area contributed by atoms with Gasteiger partial charge in [0.1, 0.15) is 11.6 Å². The number of halogens is 1.